The maximum absolute atomic E-state index is 12.9. The molecule has 4 aliphatic rings. The van der Waals surface area contributed by atoms with Gasteiger partial charge in [0.05, 0.1) is 24.2 Å². The van der Waals surface area contributed by atoms with E-state index in [1.165, 1.54) is 12.8 Å². The van der Waals surface area contributed by atoms with Gasteiger partial charge in [0.2, 0.25) is 0 Å². The maximum atomic E-state index is 12.9. The fourth-order valence-corrected chi connectivity index (χ4v) is 6.35. The zero-order valence-corrected chi connectivity index (χ0v) is 20.4. The Morgan fingerprint density at radius 1 is 1.09 bits per heavy atom. The van der Waals surface area contributed by atoms with E-state index in [-0.39, 0.29) is 49.0 Å². The summed E-state index contributed by atoms with van der Waals surface area (Å²) in [5.41, 5.74) is -0.653. The zero-order valence-electron chi connectivity index (χ0n) is 20.4. The molecule has 33 heavy (non-hydrogen) atoms. The van der Waals surface area contributed by atoms with Crippen LogP contribution in [0.5, 0.6) is 0 Å². The van der Waals surface area contributed by atoms with Gasteiger partial charge in [0.25, 0.3) is 0 Å². The minimum absolute atomic E-state index is 0.00691. The molecule has 0 aromatic rings. The Morgan fingerprint density at radius 3 is 2.52 bits per heavy atom. The minimum atomic E-state index is -0.653. The molecule has 0 aromatic heterocycles. The lowest BCUT2D eigenvalue weighted by atomic mass is 9.78. The number of ether oxygens (including phenoxy) is 4. The fourth-order valence-electron chi connectivity index (χ4n) is 6.35. The molecule has 2 saturated heterocycles. The monoisotopic (exact) mass is 464 g/mol. The van der Waals surface area contributed by atoms with Gasteiger partial charge in [-0.15, -0.1) is 0 Å². The van der Waals surface area contributed by atoms with Crippen molar-refractivity contribution in [1.82, 2.24) is 0 Å². The molecule has 0 amide bonds. The van der Waals surface area contributed by atoms with Crippen LogP contribution in [-0.2, 0) is 23.7 Å². The molecule has 188 valence electrons. The van der Waals surface area contributed by atoms with Crippen molar-refractivity contribution in [2.45, 2.75) is 115 Å². The highest BCUT2D eigenvalue weighted by Crippen LogP contribution is 2.56. The summed E-state index contributed by atoms with van der Waals surface area (Å²) in [4.78, 5) is 12.9. The molecule has 2 saturated carbocycles. The first-order valence-corrected chi connectivity index (χ1v) is 13.5. The summed E-state index contributed by atoms with van der Waals surface area (Å²) in [5, 5.41) is 10.3. The highest BCUT2D eigenvalue weighted by molar-refractivity contribution is 5.88. The number of hydrogen-bond acceptors (Lipinski definition) is 6. The predicted molar refractivity (Wildman–Crippen MR) is 126 cm³/mol. The van der Waals surface area contributed by atoms with Crippen molar-refractivity contribution in [3.8, 4) is 0 Å². The molecule has 0 radical (unpaired) electrons. The van der Waals surface area contributed by atoms with Gasteiger partial charge in [-0.25, -0.2) is 0 Å². The van der Waals surface area contributed by atoms with Gasteiger partial charge in [-0.1, -0.05) is 38.3 Å². The molecule has 2 unspecified atom stereocenters. The van der Waals surface area contributed by atoms with Crippen LogP contribution in [0.25, 0.3) is 0 Å². The van der Waals surface area contributed by atoms with Gasteiger partial charge in [-0.05, 0) is 63.7 Å². The average molecular weight is 465 g/mol. The lowest BCUT2D eigenvalue weighted by molar-refractivity contribution is -0.194. The first-order chi connectivity index (χ1) is 16.2. The standard InChI is InChI=1S/C27H44O6/c1-2-3-4-9-20(32-25-10-5-7-16-30-25)12-13-21-22-14-15-24(29)27(22,19-28)18-23(21)33-26-11-6-8-17-31-26/h12-13,20-23,25-26,28H,2-11,14-19H2,1H3/t20-,21+,22+,23+,25?,26?,27+/m0/s1. The van der Waals surface area contributed by atoms with E-state index in [4.69, 9.17) is 18.9 Å². The molecule has 2 aliphatic carbocycles. The van der Waals surface area contributed by atoms with Crippen LogP contribution >= 0.6 is 0 Å². The molecule has 0 bridgehead atoms. The Balaban J connectivity index is 1.48. The van der Waals surface area contributed by atoms with Gasteiger partial charge >= 0.3 is 0 Å². The smallest absolute Gasteiger partial charge is 0.158 e. The minimum Gasteiger partial charge on any atom is -0.395 e. The molecular weight excluding hydrogens is 420 g/mol. The Kier molecular flexibility index (Phi) is 9.40. The molecule has 6 heteroatoms. The molecule has 2 aliphatic heterocycles. The first-order valence-electron chi connectivity index (χ1n) is 13.5. The number of Topliss-reactive ketones (excluding diaryl/α,β-unsaturated/α-hetero) is 1. The Bertz CT molecular complexity index is 639. The number of fused-ring (bicyclic) bond motifs is 1. The SMILES string of the molecule is CCCCC[C@@H](C=C[C@@H]1[C@H]2CCC(=O)[C@@]2(CO)C[C@H]1OC1CCCCO1)OC1CCCCO1. The molecule has 4 rings (SSSR count). The lowest BCUT2D eigenvalue weighted by Crippen LogP contribution is -2.34. The zero-order chi connectivity index (χ0) is 23.1. The number of rotatable bonds is 11. The first kappa shape index (κ1) is 25.3. The third kappa shape index (κ3) is 6.07. The van der Waals surface area contributed by atoms with Gasteiger partial charge in [-0.3, -0.25) is 4.79 Å². The summed E-state index contributed by atoms with van der Waals surface area (Å²) < 4.78 is 24.5. The van der Waals surface area contributed by atoms with Crippen LogP contribution in [-0.4, -0.2) is 55.5 Å². The van der Waals surface area contributed by atoms with E-state index in [1.54, 1.807) is 0 Å². The maximum Gasteiger partial charge on any atom is 0.158 e. The Hall–Kier alpha value is -0.790. The summed E-state index contributed by atoms with van der Waals surface area (Å²) in [6.07, 6.45) is 16.8. The van der Waals surface area contributed by atoms with Gasteiger partial charge in [0.1, 0.15) is 5.78 Å². The van der Waals surface area contributed by atoms with Crippen LogP contribution in [0.2, 0.25) is 0 Å². The Morgan fingerprint density at radius 2 is 1.85 bits per heavy atom. The van der Waals surface area contributed by atoms with E-state index in [0.717, 1.165) is 71.0 Å². The van der Waals surface area contributed by atoms with Crippen molar-refractivity contribution in [2.24, 2.45) is 17.3 Å². The molecule has 7 atom stereocenters. The summed E-state index contributed by atoms with van der Waals surface area (Å²) in [6.45, 7) is 3.65. The van der Waals surface area contributed by atoms with Crippen molar-refractivity contribution < 1.29 is 28.8 Å². The van der Waals surface area contributed by atoms with E-state index >= 15 is 0 Å². The van der Waals surface area contributed by atoms with E-state index in [0.29, 0.717) is 12.8 Å². The van der Waals surface area contributed by atoms with Crippen molar-refractivity contribution in [3.63, 3.8) is 0 Å². The van der Waals surface area contributed by atoms with E-state index < -0.39 is 5.41 Å². The Labute approximate surface area is 199 Å². The number of carbonyl (C=O) groups is 1. The predicted octanol–water partition coefficient (Wildman–Crippen LogP) is 4.92. The van der Waals surface area contributed by atoms with Crippen LogP contribution in [0, 0.1) is 17.3 Å². The lowest BCUT2D eigenvalue weighted by Gasteiger charge is -2.30. The van der Waals surface area contributed by atoms with Crippen molar-refractivity contribution in [1.29, 1.82) is 0 Å². The normalized spacial score (nSPS) is 38.1. The molecule has 2 heterocycles. The third-order valence-electron chi connectivity index (χ3n) is 8.26. The average Bonchev–Trinajstić information content (AvgIpc) is 3.32. The summed E-state index contributed by atoms with van der Waals surface area (Å²) in [7, 11) is 0. The summed E-state index contributed by atoms with van der Waals surface area (Å²) >= 11 is 0. The highest BCUT2D eigenvalue weighted by atomic mass is 16.7. The van der Waals surface area contributed by atoms with Crippen molar-refractivity contribution in [3.05, 3.63) is 12.2 Å². The van der Waals surface area contributed by atoms with E-state index in [9.17, 15) is 9.90 Å². The van der Waals surface area contributed by atoms with Gasteiger partial charge in [0.15, 0.2) is 12.6 Å². The van der Waals surface area contributed by atoms with Crippen LogP contribution < -0.4 is 0 Å². The molecular formula is C27H44O6. The summed E-state index contributed by atoms with van der Waals surface area (Å²) in [6, 6.07) is 0. The van der Waals surface area contributed by atoms with Gasteiger partial charge in [0, 0.05) is 25.6 Å². The molecule has 0 spiro atoms. The van der Waals surface area contributed by atoms with E-state index in [1.807, 2.05) is 0 Å². The molecule has 4 fully saturated rings. The highest BCUT2D eigenvalue weighted by Gasteiger charge is 2.60. The van der Waals surface area contributed by atoms with Crippen LogP contribution in [0.1, 0.15) is 90.4 Å². The van der Waals surface area contributed by atoms with Crippen LogP contribution in [0.15, 0.2) is 12.2 Å². The number of ketones is 1. The second kappa shape index (κ2) is 12.3. The quantitative estimate of drug-likeness (QED) is 0.345. The number of aliphatic hydroxyl groups is 1. The van der Waals surface area contributed by atoms with Crippen molar-refractivity contribution >= 4 is 5.78 Å². The molecule has 1 N–H and O–H groups in total. The van der Waals surface area contributed by atoms with Crippen LogP contribution in [0.3, 0.4) is 0 Å². The number of hydrogen-bond donors (Lipinski definition) is 1. The fraction of sp³-hybridized carbons (Fsp3) is 0.889. The topological polar surface area (TPSA) is 74.2 Å². The molecule has 0 aromatic carbocycles. The second-order valence-electron chi connectivity index (χ2n) is 10.5. The number of carbonyl (C=O) groups excluding carboxylic acids is 1. The largest absolute Gasteiger partial charge is 0.395 e. The summed E-state index contributed by atoms with van der Waals surface area (Å²) in [5.74, 6) is 0.427. The third-order valence-corrected chi connectivity index (χ3v) is 8.26. The van der Waals surface area contributed by atoms with Gasteiger partial charge in [-0.2, -0.15) is 0 Å². The van der Waals surface area contributed by atoms with E-state index in [2.05, 4.69) is 19.1 Å². The second-order valence-corrected chi connectivity index (χ2v) is 10.5. The van der Waals surface area contributed by atoms with Crippen LogP contribution in [0.4, 0.5) is 0 Å². The number of unbranched alkanes of at least 4 members (excludes halogenated alkanes) is 2. The number of aliphatic hydroxyl groups excluding tert-OH is 1. The van der Waals surface area contributed by atoms with Crippen molar-refractivity contribution in [2.75, 3.05) is 19.8 Å². The van der Waals surface area contributed by atoms with Gasteiger partial charge < -0.3 is 24.1 Å². The molecule has 6 nitrogen and oxygen atoms in total.